The molecule has 2 aromatic rings. The van der Waals surface area contributed by atoms with E-state index >= 15 is 0 Å². The van der Waals surface area contributed by atoms with Gasteiger partial charge in [0.15, 0.2) is 0 Å². The van der Waals surface area contributed by atoms with Crippen LogP contribution >= 0.6 is 0 Å². The number of aromatic amines is 1. The van der Waals surface area contributed by atoms with E-state index in [-0.39, 0.29) is 12.6 Å². The number of likely N-dealkylation sites (N-methyl/N-ethyl adjacent to an activating group) is 1. The summed E-state index contributed by atoms with van der Waals surface area (Å²) < 4.78 is 0. The number of aliphatic hydroxyl groups excluding tert-OH is 1. The minimum Gasteiger partial charge on any atom is -0.395 e. The average molecular weight is 247 g/mol. The number of H-pyrrole nitrogens is 1. The first-order valence-corrected chi connectivity index (χ1v) is 6.43. The number of hydrogen-bond donors (Lipinski definition) is 2. The number of nitrogens with zero attached hydrogens (tertiary/aromatic N) is 2. The van der Waals surface area contributed by atoms with Gasteiger partial charge in [-0.25, -0.2) is 4.98 Å². The van der Waals surface area contributed by atoms with E-state index in [0.717, 1.165) is 23.3 Å². The van der Waals surface area contributed by atoms with Crippen LogP contribution < -0.4 is 0 Å². The van der Waals surface area contributed by atoms with Crippen molar-refractivity contribution in [2.75, 3.05) is 20.2 Å². The van der Waals surface area contributed by atoms with Gasteiger partial charge in [0.05, 0.1) is 23.7 Å². The molecule has 0 amide bonds. The molecule has 0 spiro atoms. The van der Waals surface area contributed by atoms with Crippen LogP contribution in [0.3, 0.4) is 0 Å². The highest BCUT2D eigenvalue weighted by Gasteiger charge is 2.18. The van der Waals surface area contributed by atoms with Crippen LogP contribution in [-0.4, -0.2) is 40.2 Å². The van der Waals surface area contributed by atoms with Gasteiger partial charge in [-0.15, -0.1) is 0 Å². The van der Waals surface area contributed by atoms with Crippen molar-refractivity contribution >= 4 is 11.0 Å². The zero-order valence-electron chi connectivity index (χ0n) is 11.3. The summed E-state index contributed by atoms with van der Waals surface area (Å²) in [6.45, 7) is 5.05. The first-order valence-electron chi connectivity index (χ1n) is 6.43. The van der Waals surface area contributed by atoms with Crippen LogP contribution in [0.5, 0.6) is 0 Å². The Morgan fingerprint density at radius 1 is 1.44 bits per heavy atom. The first kappa shape index (κ1) is 13.1. The summed E-state index contributed by atoms with van der Waals surface area (Å²) in [5.41, 5.74) is 3.32. The van der Waals surface area contributed by atoms with Crippen molar-refractivity contribution in [3.63, 3.8) is 0 Å². The lowest BCUT2D eigenvalue weighted by Gasteiger charge is -2.24. The number of aromatic nitrogens is 2. The van der Waals surface area contributed by atoms with Gasteiger partial charge in [-0.2, -0.15) is 0 Å². The third-order valence-electron chi connectivity index (χ3n) is 3.34. The number of rotatable bonds is 5. The number of imidazole rings is 1. The molecule has 0 saturated carbocycles. The Hall–Kier alpha value is -1.39. The molecule has 1 heterocycles. The van der Waals surface area contributed by atoms with Gasteiger partial charge in [0, 0.05) is 6.54 Å². The standard InChI is InChI=1S/C14H21N3O/c1-4-13(17(3)7-8-18)14-15-11-6-5-10(2)9-12(11)16-14/h5-6,9,13,18H,4,7-8H2,1-3H3,(H,15,16). The van der Waals surface area contributed by atoms with Gasteiger partial charge in [0.1, 0.15) is 5.82 Å². The smallest absolute Gasteiger partial charge is 0.124 e. The molecule has 98 valence electrons. The molecule has 0 bridgehead atoms. The fourth-order valence-electron chi connectivity index (χ4n) is 2.33. The predicted molar refractivity (Wildman–Crippen MR) is 73.6 cm³/mol. The summed E-state index contributed by atoms with van der Waals surface area (Å²) in [4.78, 5) is 10.2. The Labute approximate surface area is 108 Å². The number of hydrogen-bond acceptors (Lipinski definition) is 3. The van der Waals surface area contributed by atoms with Crippen LogP contribution in [0.2, 0.25) is 0 Å². The molecule has 0 aliphatic carbocycles. The number of aliphatic hydroxyl groups is 1. The molecule has 0 fully saturated rings. The van der Waals surface area contributed by atoms with E-state index in [2.05, 4.69) is 40.8 Å². The van der Waals surface area contributed by atoms with Gasteiger partial charge in [-0.05, 0) is 38.1 Å². The van der Waals surface area contributed by atoms with E-state index in [1.807, 2.05) is 13.1 Å². The topological polar surface area (TPSA) is 52.2 Å². The van der Waals surface area contributed by atoms with Crippen LogP contribution in [0.25, 0.3) is 11.0 Å². The van der Waals surface area contributed by atoms with Crippen molar-refractivity contribution in [1.29, 1.82) is 0 Å². The van der Waals surface area contributed by atoms with Crippen LogP contribution in [0, 0.1) is 6.92 Å². The van der Waals surface area contributed by atoms with Crippen LogP contribution in [-0.2, 0) is 0 Å². The van der Waals surface area contributed by atoms with Gasteiger partial charge in [0.2, 0.25) is 0 Å². The van der Waals surface area contributed by atoms with Gasteiger partial charge < -0.3 is 10.1 Å². The second-order valence-corrected chi connectivity index (χ2v) is 4.77. The van der Waals surface area contributed by atoms with E-state index < -0.39 is 0 Å². The Bertz CT molecular complexity index is 521. The zero-order chi connectivity index (χ0) is 13.1. The van der Waals surface area contributed by atoms with Gasteiger partial charge in [-0.3, -0.25) is 4.90 Å². The lowest BCUT2D eigenvalue weighted by atomic mass is 10.2. The highest BCUT2D eigenvalue weighted by molar-refractivity contribution is 5.75. The minimum atomic E-state index is 0.173. The molecule has 0 aliphatic rings. The molecule has 4 heteroatoms. The molecular weight excluding hydrogens is 226 g/mol. The second-order valence-electron chi connectivity index (χ2n) is 4.77. The molecule has 1 aromatic heterocycles. The maximum Gasteiger partial charge on any atom is 0.124 e. The van der Waals surface area contributed by atoms with E-state index in [0.29, 0.717) is 6.54 Å². The Balaban J connectivity index is 2.33. The van der Waals surface area contributed by atoms with E-state index in [9.17, 15) is 0 Å². The number of benzene rings is 1. The monoisotopic (exact) mass is 247 g/mol. The molecule has 0 saturated heterocycles. The molecule has 0 aliphatic heterocycles. The maximum absolute atomic E-state index is 9.03. The summed E-state index contributed by atoms with van der Waals surface area (Å²) in [6.07, 6.45) is 0.968. The summed E-state index contributed by atoms with van der Waals surface area (Å²) in [5, 5.41) is 9.03. The fourth-order valence-corrected chi connectivity index (χ4v) is 2.33. The summed E-state index contributed by atoms with van der Waals surface area (Å²) in [6, 6.07) is 6.46. The maximum atomic E-state index is 9.03. The molecule has 18 heavy (non-hydrogen) atoms. The number of aryl methyl sites for hydroxylation is 1. The average Bonchev–Trinajstić information content (AvgIpc) is 2.72. The van der Waals surface area contributed by atoms with E-state index in [1.54, 1.807) is 0 Å². The molecular formula is C14H21N3O. The summed E-state index contributed by atoms with van der Waals surface area (Å²) in [7, 11) is 2.02. The minimum absolute atomic E-state index is 0.173. The molecule has 0 radical (unpaired) electrons. The van der Waals surface area contributed by atoms with Crippen LogP contribution in [0.4, 0.5) is 0 Å². The van der Waals surface area contributed by atoms with Gasteiger partial charge in [-0.1, -0.05) is 13.0 Å². The van der Waals surface area contributed by atoms with Gasteiger partial charge in [0.25, 0.3) is 0 Å². The molecule has 1 unspecified atom stereocenters. The van der Waals surface area contributed by atoms with E-state index in [4.69, 9.17) is 5.11 Å². The van der Waals surface area contributed by atoms with Crippen molar-refractivity contribution < 1.29 is 5.11 Å². The third-order valence-corrected chi connectivity index (χ3v) is 3.34. The molecule has 2 N–H and O–H groups in total. The van der Waals surface area contributed by atoms with Crippen molar-refractivity contribution in [3.8, 4) is 0 Å². The molecule has 4 nitrogen and oxygen atoms in total. The van der Waals surface area contributed by atoms with Crippen LogP contribution in [0.15, 0.2) is 18.2 Å². The fraction of sp³-hybridized carbons (Fsp3) is 0.500. The molecule has 2 rings (SSSR count). The number of fused-ring (bicyclic) bond motifs is 1. The zero-order valence-corrected chi connectivity index (χ0v) is 11.3. The third kappa shape index (κ3) is 2.54. The Kier molecular flexibility index (Phi) is 3.99. The van der Waals surface area contributed by atoms with Crippen molar-refractivity contribution in [1.82, 2.24) is 14.9 Å². The van der Waals surface area contributed by atoms with Crippen molar-refractivity contribution in [2.45, 2.75) is 26.3 Å². The largest absolute Gasteiger partial charge is 0.395 e. The van der Waals surface area contributed by atoms with E-state index in [1.165, 1.54) is 5.56 Å². The van der Waals surface area contributed by atoms with Crippen molar-refractivity contribution in [2.24, 2.45) is 0 Å². The quantitative estimate of drug-likeness (QED) is 0.852. The summed E-state index contributed by atoms with van der Waals surface area (Å²) in [5.74, 6) is 0.981. The SMILES string of the molecule is CCC(c1nc2ccc(C)cc2[nH]1)N(C)CCO. The van der Waals surface area contributed by atoms with Crippen LogP contribution in [0.1, 0.15) is 30.8 Å². The first-order chi connectivity index (χ1) is 8.65. The Morgan fingerprint density at radius 3 is 2.89 bits per heavy atom. The molecule has 1 aromatic carbocycles. The van der Waals surface area contributed by atoms with Crippen molar-refractivity contribution in [3.05, 3.63) is 29.6 Å². The summed E-state index contributed by atoms with van der Waals surface area (Å²) >= 11 is 0. The highest BCUT2D eigenvalue weighted by Crippen LogP contribution is 2.23. The Morgan fingerprint density at radius 2 is 2.22 bits per heavy atom. The van der Waals surface area contributed by atoms with Gasteiger partial charge >= 0.3 is 0 Å². The number of nitrogens with one attached hydrogen (secondary N) is 1. The molecule has 1 atom stereocenters. The second kappa shape index (κ2) is 5.50. The normalized spacial score (nSPS) is 13.4. The highest BCUT2D eigenvalue weighted by atomic mass is 16.3. The lowest BCUT2D eigenvalue weighted by Crippen LogP contribution is -2.27. The lowest BCUT2D eigenvalue weighted by molar-refractivity contribution is 0.173. The predicted octanol–water partition coefficient (Wildman–Crippen LogP) is 2.25.